The van der Waals surface area contributed by atoms with Crippen LogP contribution in [0.25, 0.3) is 0 Å². The molecule has 13 heteroatoms. The molecule has 0 aliphatic heterocycles. The molecule has 7 nitrogen and oxygen atoms in total. The van der Waals surface area contributed by atoms with Gasteiger partial charge in [-0.1, -0.05) is 41.3 Å². The minimum atomic E-state index is -4.82. The molecule has 160 valence electrons. The molecular formula is C17H16F2N4O3S4. The molecule has 0 saturated carbocycles. The molecule has 0 aliphatic rings. The largest absolute Gasteiger partial charge is 0.360 e. The number of nitrogens with one attached hydrogen (secondary N) is 2. The number of nitrogens with zero attached hydrogens (tertiary/aromatic N) is 2. The van der Waals surface area contributed by atoms with Gasteiger partial charge in [0.1, 0.15) is 0 Å². The molecular weight excluding hydrogens is 474 g/mol. The minimum Gasteiger partial charge on any atom is -0.360 e. The lowest BCUT2D eigenvalue weighted by Crippen LogP contribution is -2.18. The van der Waals surface area contributed by atoms with E-state index < -0.39 is 26.4 Å². The van der Waals surface area contributed by atoms with Gasteiger partial charge in [-0.15, -0.1) is 21.5 Å². The summed E-state index contributed by atoms with van der Waals surface area (Å²) in [5, 5.41) is 16.2. The van der Waals surface area contributed by atoms with Crippen molar-refractivity contribution in [2.45, 2.75) is 21.4 Å². The molecule has 2 aromatic heterocycles. The van der Waals surface area contributed by atoms with E-state index in [-0.39, 0.29) is 11.4 Å². The number of carbonyl (C=O) groups excluding carboxylic acids is 1. The van der Waals surface area contributed by atoms with Crippen molar-refractivity contribution in [3.63, 3.8) is 0 Å². The second-order valence-corrected chi connectivity index (χ2v) is 10.9. The van der Waals surface area contributed by atoms with E-state index in [1.807, 2.05) is 11.4 Å². The summed E-state index contributed by atoms with van der Waals surface area (Å²) < 4.78 is 49.7. The van der Waals surface area contributed by atoms with Crippen molar-refractivity contribution < 1.29 is 22.0 Å². The number of halogens is 2. The van der Waals surface area contributed by atoms with Gasteiger partial charge in [0, 0.05) is 11.4 Å². The summed E-state index contributed by atoms with van der Waals surface area (Å²) in [5.74, 6) is -4.19. The summed E-state index contributed by atoms with van der Waals surface area (Å²) in [4.78, 5) is 12.8. The SMILES string of the molecule is O=C(CSc1nnc(NCCc2cccs2)s1)Nc1ccccc1S(=O)(=O)C(F)F. The maximum atomic E-state index is 12.8. The number of thioether (sulfide) groups is 1. The molecule has 0 radical (unpaired) electrons. The number of sulfone groups is 1. The van der Waals surface area contributed by atoms with Gasteiger partial charge in [-0.05, 0) is 30.0 Å². The number of aromatic nitrogens is 2. The Hall–Kier alpha value is -2.09. The normalized spacial score (nSPS) is 11.6. The van der Waals surface area contributed by atoms with Gasteiger partial charge in [0.15, 0.2) is 4.34 Å². The summed E-state index contributed by atoms with van der Waals surface area (Å²) >= 11 is 4.08. The van der Waals surface area contributed by atoms with E-state index in [0.29, 0.717) is 16.0 Å². The van der Waals surface area contributed by atoms with E-state index in [2.05, 4.69) is 26.9 Å². The lowest BCUT2D eigenvalue weighted by molar-refractivity contribution is -0.113. The molecule has 0 saturated heterocycles. The molecule has 0 bridgehead atoms. The van der Waals surface area contributed by atoms with Crippen molar-refractivity contribution in [1.29, 1.82) is 0 Å². The Morgan fingerprint density at radius 1 is 1.17 bits per heavy atom. The monoisotopic (exact) mass is 490 g/mol. The third kappa shape index (κ3) is 5.97. The number of carbonyl (C=O) groups is 1. The van der Waals surface area contributed by atoms with Gasteiger partial charge in [0.2, 0.25) is 20.9 Å². The number of amides is 1. The van der Waals surface area contributed by atoms with Crippen LogP contribution in [-0.4, -0.2) is 42.6 Å². The van der Waals surface area contributed by atoms with E-state index in [0.717, 1.165) is 24.2 Å². The second kappa shape index (κ2) is 10.3. The summed E-state index contributed by atoms with van der Waals surface area (Å²) in [6.45, 7) is 0.704. The van der Waals surface area contributed by atoms with E-state index in [9.17, 15) is 22.0 Å². The van der Waals surface area contributed by atoms with Gasteiger partial charge in [-0.2, -0.15) is 8.78 Å². The van der Waals surface area contributed by atoms with Crippen LogP contribution in [0.2, 0.25) is 0 Å². The van der Waals surface area contributed by atoms with Crippen molar-refractivity contribution in [3.8, 4) is 0 Å². The van der Waals surface area contributed by atoms with Crippen LogP contribution >= 0.6 is 34.4 Å². The highest BCUT2D eigenvalue weighted by molar-refractivity contribution is 8.01. The first-order chi connectivity index (χ1) is 14.4. The fraction of sp³-hybridized carbons (Fsp3) is 0.235. The highest BCUT2D eigenvalue weighted by Gasteiger charge is 2.29. The molecule has 0 atom stereocenters. The molecule has 1 amide bonds. The van der Waals surface area contributed by atoms with Crippen LogP contribution in [0, 0.1) is 0 Å². The molecule has 0 aliphatic carbocycles. The Balaban J connectivity index is 1.52. The van der Waals surface area contributed by atoms with Crippen molar-refractivity contribution in [2.75, 3.05) is 22.9 Å². The van der Waals surface area contributed by atoms with E-state index in [1.165, 1.54) is 34.4 Å². The van der Waals surface area contributed by atoms with Crippen LogP contribution in [0.4, 0.5) is 19.6 Å². The Bertz CT molecular complexity index is 1090. The fourth-order valence-corrected chi connectivity index (χ4v) is 5.49. The zero-order valence-electron chi connectivity index (χ0n) is 15.2. The molecule has 2 heterocycles. The first-order valence-electron chi connectivity index (χ1n) is 8.50. The first-order valence-corrected chi connectivity index (χ1v) is 12.7. The predicted molar refractivity (Wildman–Crippen MR) is 115 cm³/mol. The van der Waals surface area contributed by atoms with Gasteiger partial charge in [0.05, 0.1) is 16.3 Å². The third-order valence-corrected chi connectivity index (χ3v) is 8.05. The number of hydrogen-bond donors (Lipinski definition) is 2. The van der Waals surface area contributed by atoms with Crippen LogP contribution in [0.1, 0.15) is 4.88 Å². The van der Waals surface area contributed by atoms with Crippen LogP contribution < -0.4 is 10.6 Å². The number of thiophene rings is 1. The first kappa shape index (κ1) is 22.6. The highest BCUT2D eigenvalue weighted by Crippen LogP contribution is 2.28. The van der Waals surface area contributed by atoms with Gasteiger partial charge in [-0.3, -0.25) is 4.79 Å². The standard InChI is InChI=1S/C17H16F2N4O3S4/c18-15(19)30(25,26)13-6-2-1-5-12(13)21-14(24)10-28-17-23-22-16(29-17)20-8-7-11-4-3-9-27-11/h1-6,9,15H,7-8,10H2,(H,20,22)(H,21,24). The average molecular weight is 491 g/mol. The zero-order valence-corrected chi connectivity index (χ0v) is 18.5. The quantitative estimate of drug-likeness (QED) is 0.415. The Kier molecular flexibility index (Phi) is 7.75. The van der Waals surface area contributed by atoms with Crippen molar-refractivity contribution in [2.24, 2.45) is 0 Å². The zero-order chi connectivity index (χ0) is 21.6. The van der Waals surface area contributed by atoms with Crippen LogP contribution in [0.5, 0.6) is 0 Å². The summed E-state index contributed by atoms with van der Waals surface area (Å²) in [6, 6.07) is 9.10. The van der Waals surface area contributed by atoms with Gasteiger partial charge in [-0.25, -0.2) is 8.42 Å². The summed E-state index contributed by atoms with van der Waals surface area (Å²) in [7, 11) is -4.82. The molecule has 3 rings (SSSR count). The van der Waals surface area contributed by atoms with Crippen LogP contribution in [0.3, 0.4) is 0 Å². The topological polar surface area (TPSA) is 101 Å². The molecule has 3 aromatic rings. The second-order valence-electron chi connectivity index (χ2n) is 5.77. The number of alkyl halides is 2. The molecule has 0 fully saturated rings. The van der Waals surface area contributed by atoms with Gasteiger partial charge < -0.3 is 10.6 Å². The lowest BCUT2D eigenvalue weighted by atomic mass is 10.3. The number of para-hydroxylation sites is 1. The van der Waals surface area contributed by atoms with Crippen molar-refractivity contribution in [1.82, 2.24) is 10.2 Å². The Morgan fingerprint density at radius 2 is 1.97 bits per heavy atom. The van der Waals surface area contributed by atoms with E-state index in [1.54, 1.807) is 11.3 Å². The number of hydrogen-bond acceptors (Lipinski definition) is 9. The maximum absolute atomic E-state index is 12.8. The third-order valence-electron chi connectivity index (χ3n) is 3.66. The molecule has 1 aromatic carbocycles. The Labute approximate surface area is 183 Å². The number of rotatable bonds is 10. The van der Waals surface area contributed by atoms with Crippen molar-refractivity contribution in [3.05, 3.63) is 46.7 Å². The van der Waals surface area contributed by atoms with Crippen LogP contribution in [0.15, 0.2) is 51.0 Å². The summed E-state index contributed by atoms with van der Waals surface area (Å²) in [6.07, 6.45) is 0.864. The maximum Gasteiger partial charge on any atom is 0.341 e. The average Bonchev–Trinajstić information content (AvgIpc) is 3.39. The minimum absolute atomic E-state index is 0.0765. The molecule has 30 heavy (non-hydrogen) atoms. The van der Waals surface area contributed by atoms with E-state index in [4.69, 9.17) is 0 Å². The van der Waals surface area contributed by atoms with Crippen LogP contribution in [-0.2, 0) is 21.1 Å². The lowest BCUT2D eigenvalue weighted by Gasteiger charge is -2.10. The molecule has 0 unspecified atom stereocenters. The Morgan fingerprint density at radius 3 is 2.70 bits per heavy atom. The predicted octanol–water partition coefficient (Wildman–Crippen LogP) is 3.98. The fourth-order valence-electron chi connectivity index (χ4n) is 2.31. The number of anilines is 2. The number of benzene rings is 1. The molecule has 2 N–H and O–H groups in total. The van der Waals surface area contributed by atoms with Crippen molar-refractivity contribution >= 4 is 61.0 Å². The smallest absolute Gasteiger partial charge is 0.341 e. The molecule has 0 spiro atoms. The highest BCUT2D eigenvalue weighted by atomic mass is 32.2. The van der Waals surface area contributed by atoms with E-state index >= 15 is 0 Å². The van der Waals surface area contributed by atoms with Gasteiger partial charge >= 0.3 is 5.76 Å². The van der Waals surface area contributed by atoms with Gasteiger partial charge in [0.25, 0.3) is 0 Å². The summed E-state index contributed by atoms with van der Waals surface area (Å²) in [5.41, 5.74) is -0.184.